The highest BCUT2D eigenvalue weighted by Crippen LogP contribution is 2.32. The fraction of sp³-hybridized carbons (Fsp3) is 0.444. The van der Waals surface area contributed by atoms with Crippen LogP contribution in [0.15, 0.2) is 40.9 Å². The summed E-state index contributed by atoms with van der Waals surface area (Å²) in [6.07, 6.45) is 5.57. The molecule has 1 aliphatic rings. The van der Waals surface area contributed by atoms with E-state index in [-0.39, 0.29) is 0 Å². The quantitative estimate of drug-likeness (QED) is 0.744. The summed E-state index contributed by atoms with van der Waals surface area (Å²) >= 11 is 3.64. The van der Waals surface area contributed by atoms with E-state index in [9.17, 15) is 0 Å². The zero-order chi connectivity index (χ0) is 13.9. The first-order valence-corrected chi connectivity index (χ1v) is 8.44. The number of halogens is 1. The smallest absolute Gasteiger partial charge is 0.0420 e. The molecule has 2 heteroatoms. The van der Waals surface area contributed by atoms with E-state index < -0.39 is 0 Å². The van der Waals surface area contributed by atoms with E-state index in [1.807, 2.05) is 0 Å². The molecule has 3 rings (SSSR count). The molecule has 106 valence electrons. The molecule has 1 nitrogen and oxygen atoms in total. The minimum absolute atomic E-state index is 0.834. The van der Waals surface area contributed by atoms with Crippen molar-refractivity contribution in [1.29, 1.82) is 0 Å². The van der Waals surface area contributed by atoms with Crippen LogP contribution in [-0.2, 0) is 0 Å². The van der Waals surface area contributed by atoms with E-state index in [1.165, 1.54) is 46.6 Å². The number of anilines is 1. The summed E-state index contributed by atoms with van der Waals surface area (Å²) in [7, 11) is 0. The Balaban J connectivity index is 1.76. The van der Waals surface area contributed by atoms with Crippen molar-refractivity contribution in [2.75, 3.05) is 11.9 Å². The van der Waals surface area contributed by atoms with Gasteiger partial charge in [0, 0.05) is 22.1 Å². The Morgan fingerprint density at radius 3 is 2.70 bits per heavy atom. The van der Waals surface area contributed by atoms with Crippen LogP contribution in [0.1, 0.15) is 32.6 Å². The molecule has 2 aromatic rings. The highest BCUT2D eigenvalue weighted by atomic mass is 79.9. The summed E-state index contributed by atoms with van der Waals surface area (Å²) in [5, 5.41) is 6.28. The first-order valence-electron chi connectivity index (χ1n) is 7.65. The van der Waals surface area contributed by atoms with Gasteiger partial charge in [0.25, 0.3) is 0 Å². The van der Waals surface area contributed by atoms with Gasteiger partial charge in [-0.25, -0.2) is 0 Å². The van der Waals surface area contributed by atoms with E-state index in [4.69, 9.17) is 0 Å². The first kappa shape index (κ1) is 13.9. The fourth-order valence-electron chi connectivity index (χ4n) is 3.42. The molecule has 0 bridgehead atoms. The van der Waals surface area contributed by atoms with Crippen LogP contribution in [0, 0.1) is 11.8 Å². The number of hydrogen-bond donors (Lipinski definition) is 1. The van der Waals surface area contributed by atoms with Crippen molar-refractivity contribution in [3.05, 3.63) is 40.9 Å². The van der Waals surface area contributed by atoms with E-state index in [0.717, 1.165) is 18.4 Å². The minimum atomic E-state index is 0.834. The lowest BCUT2D eigenvalue weighted by molar-refractivity contribution is 0.293. The Morgan fingerprint density at radius 1 is 1.10 bits per heavy atom. The Kier molecular flexibility index (Phi) is 4.30. The van der Waals surface area contributed by atoms with Crippen LogP contribution in [-0.4, -0.2) is 6.54 Å². The molecular formula is C18H22BrN. The lowest BCUT2D eigenvalue weighted by Gasteiger charge is -2.27. The Morgan fingerprint density at radius 2 is 1.90 bits per heavy atom. The molecule has 0 amide bonds. The molecule has 0 saturated heterocycles. The van der Waals surface area contributed by atoms with Gasteiger partial charge in [-0.05, 0) is 42.2 Å². The molecule has 2 aromatic carbocycles. The Bertz CT molecular complexity index is 593. The molecule has 1 fully saturated rings. The second-order valence-corrected chi connectivity index (χ2v) is 7.01. The van der Waals surface area contributed by atoms with Crippen LogP contribution in [0.2, 0.25) is 0 Å². The van der Waals surface area contributed by atoms with E-state index in [0.29, 0.717) is 0 Å². The summed E-state index contributed by atoms with van der Waals surface area (Å²) < 4.78 is 1.17. The first-order chi connectivity index (χ1) is 9.74. The third kappa shape index (κ3) is 3.01. The predicted molar refractivity (Wildman–Crippen MR) is 91.3 cm³/mol. The molecule has 1 aliphatic carbocycles. The molecule has 1 N–H and O–H groups in total. The van der Waals surface area contributed by atoms with Gasteiger partial charge in [0.2, 0.25) is 0 Å². The second kappa shape index (κ2) is 6.17. The maximum atomic E-state index is 3.68. The Hall–Kier alpha value is -1.02. The average molecular weight is 332 g/mol. The lowest BCUT2D eigenvalue weighted by atomic mass is 9.82. The van der Waals surface area contributed by atoms with Gasteiger partial charge in [-0.1, -0.05) is 60.0 Å². The van der Waals surface area contributed by atoms with Gasteiger partial charge in [-0.3, -0.25) is 0 Å². The molecule has 20 heavy (non-hydrogen) atoms. The maximum absolute atomic E-state index is 3.68. The minimum Gasteiger partial charge on any atom is -0.384 e. The van der Waals surface area contributed by atoms with Crippen LogP contribution < -0.4 is 5.32 Å². The zero-order valence-electron chi connectivity index (χ0n) is 12.0. The van der Waals surface area contributed by atoms with Crippen LogP contribution in [0.5, 0.6) is 0 Å². The second-order valence-electron chi connectivity index (χ2n) is 6.16. The topological polar surface area (TPSA) is 12.0 Å². The van der Waals surface area contributed by atoms with E-state index in [1.54, 1.807) is 0 Å². The summed E-state index contributed by atoms with van der Waals surface area (Å²) in [6.45, 7) is 3.50. The molecule has 2 unspecified atom stereocenters. The summed E-state index contributed by atoms with van der Waals surface area (Å²) in [6, 6.07) is 12.9. The van der Waals surface area contributed by atoms with Gasteiger partial charge in [0.15, 0.2) is 0 Å². The molecule has 1 saturated carbocycles. The van der Waals surface area contributed by atoms with Crippen LogP contribution in [0.4, 0.5) is 5.69 Å². The molecule has 0 aromatic heterocycles. The third-order valence-corrected chi connectivity index (χ3v) is 5.19. The van der Waals surface area contributed by atoms with Crippen molar-refractivity contribution in [3.8, 4) is 0 Å². The van der Waals surface area contributed by atoms with Crippen molar-refractivity contribution in [1.82, 2.24) is 0 Å². The standard InChI is InChI=1S/C18H22BrN/c1-13-5-4-6-14(11-13)12-20-18-10-9-17(19)15-7-2-3-8-16(15)18/h2-3,7-10,13-14,20H,4-6,11-12H2,1H3. The van der Waals surface area contributed by atoms with E-state index >= 15 is 0 Å². The third-order valence-electron chi connectivity index (χ3n) is 4.50. The van der Waals surface area contributed by atoms with Crippen LogP contribution >= 0.6 is 15.9 Å². The fourth-order valence-corrected chi connectivity index (χ4v) is 3.89. The highest BCUT2D eigenvalue weighted by Gasteiger charge is 2.18. The molecular weight excluding hydrogens is 310 g/mol. The van der Waals surface area contributed by atoms with Gasteiger partial charge in [-0.2, -0.15) is 0 Å². The summed E-state index contributed by atoms with van der Waals surface area (Å²) in [4.78, 5) is 0. The number of fused-ring (bicyclic) bond motifs is 1. The van der Waals surface area contributed by atoms with Crippen molar-refractivity contribution < 1.29 is 0 Å². The van der Waals surface area contributed by atoms with Crippen molar-refractivity contribution in [2.24, 2.45) is 11.8 Å². The SMILES string of the molecule is CC1CCCC(CNc2ccc(Br)c3ccccc23)C1. The van der Waals surface area contributed by atoms with Gasteiger partial charge in [0.05, 0.1) is 0 Å². The van der Waals surface area contributed by atoms with Crippen molar-refractivity contribution in [2.45, 2.75) is 32.6 Å². The predicted octanol–water partition coefficient (Wildman–Crippen LogP) is 5.84. The van der Waals surface area contributed by atoms with Gasteiger partial charge in [-0.15, -0.1) is 0 Å². The molecule has 0 radical (unpaired) electrons. The average Bonchev–Trinajstić information content (AvgIpc) is 2.47. The van der Waals surface area contributed by atoms with Gasteiger partial charge >= 0.3 is 0 Å². The molecule has 2 atom stereocenters. The van der Waals surface area contributed by atoms with E-state index in [2.05, 4.69) is 64.6 Å². The number of benzene rings is 2. The maximum Gasteiger partial charge on any atom is 0.0420 e. The highest BCUT2D eigenvalue weighted by molar-refractivity contribution is 9.10. The molecule has 0 aliphatic heterocycles. The number of nitrogens with one attached hydrogen (secondary N) is 1. The molecule has 0 spiro atoms. The van der Waals surface area contributed by atoms with Gasteiger partial charge < -0.3 is 5.32 Å². The number of hydrogen-bond acceptors (Lipinski definition) is 1. The molecule has 0 heterocycles. The zero-order valence-corrected chi connectivity index (χ0v) is 13.6. The summed E-state index contributed by atoms with van der Waals surface area (Å²) in [5.74, 6) is 1.73. The largest absolute Gasteiger partial charge is 0.384 e. The normalized spacial score (nSPS) is 22.9. The number of rotatable bonds is 3. The Labute approximate surface area is 129 Å². The lowest BCUT2D eigenvalue weighted by Crippen LogP contribution is -2.21. The van der Waals surface area contributed by atoms with Gasteiger partial charge in [0.1, 0.15) is 0 Å². The summed E-state index contributed by atoms with van der Waals surface area (Å²) in [5.41, 5.74) is 1.27. The van der Waals surface area contributed by atoms with Crippen molar-refractivity contribution in [3.63, 3.8) is 0 Å². The van der Waals surface area contributed by atoms with Crippen LogP contribution in [0.25, 0.3) is 10.8 Å². The van der Waals surface area contributed by atoms with Crippen LogP contribution in [0.3, 0.4) is 0 Å². The monoisotopic (exact) mass is 331 g/mol. The van der Waals surface area contributed by atoms with Crippen molar-refractivity contribution >= 4 is 32.4 Å².